The van der Waals surface area contributed by atoms with E-state index in [2.05, 4.69) is 16.0 Å². The largest absolute Gasteiger partial charge is 0.356 e. The van der Waals surface area contributed by atoms with Gasteiger partial charge in [0.2, 0.25) is 17.7 Å². The fourth-order valence-corrected chi connectivity index (χ4v) is 3.86. The van der Waals surface area contributed by atoms with Gasteiger partial charge in [-0.2, -0.15) is 0 Å². The minimum atomic E-state index is -1.04. The van der Waals surface area contributed by atoms with Gasteiger partial charge in [-0.1, -0.05) is 42.5 Å². The molecule has 0 unspecified atom stereocenters. The molecule has 0 aromatic heterocycles. The first-order chi connectivity index (χ1) is 16.4. The lowest BCUT2D eigenvalue weighted by molar-refractivity contribution is -0.130. The molecule has 1 heterocycles. The molecule has 3 N–H and O–H groups in total. The second kappa shape index (κ2) is 12.4. The first kappa shape index (κ1) is 24.8. The van der Waals surface area contributed by atoms with Gasteiger partial charge >= 0.3 is 0 Å². The third-order valence-electron chi connectivity index (χ3n) is 5.62. The van der Waals surface area contributed by atoms with Crippen LogP contribution in [0.5, 0.6) is 0 Å². The Bertz CT molecular complexity index is 1040. The molecule has 0 bridgehead atoms. The topological polar surface area (TPSA) is 104 Å². The lowest BCUT2D eigenvalue weighted by Gasteiger charge is -2.25. The number of piperidine rings is 1. The normalized spacial score (nSPS) is 17.4. The van der Waals surface area contributed by atoms with E-state index in [0.717, 1.165) is 12.0 Å². The summed E-state index contributed by atoms with van der Waals surface area (Å²) >= 11 is 0. The molecule has 2 aromatic rings. The summed E-state index contributed by atoms with van der Waals surface area (Å²) in [6.45, 7) is 0.603. The summed E-state index contributed by atoms with van der Waals surface area (Å²) in [4.78, 5) is 49.2. The summed E-state index contributed by atoms with van der Waals surface area (Å²) < 4.78 is 13.7. The van der Waals surface area contributed by atoms with Gasteiger partial charge in [0.05, 0.1) is 6.04 Å². The Morgan fingerprint density at radius 3 is 2.62 bits per heavy atom. The average molecular weight is 466 g/mol. The second-order valence-electron chi connectivity index (χ2n) is 8.26. The molecular weight excluding hydrogens is 437 g/mol. The quantitative estimate of drug-likeness (QED) is 0.370. The van der Waals surface area contributed by atoms with E-state index in [0.29, 0.717) is 24.8 Å². The molecule has 1 aliphatic heterocycles. The average Bonchev–Trinajstić information content (AvgIpc) is 2.84. The van der Waals surface area contributed by atoms with Crippen LogP contribution in [0.15, 0.2) is 60.7 Å². The predicted octanol–water partition coefficient (Wildman–Crippen LogP) is 2.17. The minimum absolute atomic E-state index is 0.0317. The molecule has 1 fully saturated rings. The lowest BCUT2D eigenvalue weighted by atomic mass is 9.92. The Balaban J connectivity index is 1.69. The van der Waals surface area contributed by atoms with E-state index in [4.69, 9.17) is 0 Å². The number of aldehydes is 1. The van der Waals surface area contributed by atoms with Crippen LogP contribution < -0.4 is 16.0 Å². The van der Waals surface area contributed by atoms with E-state index in [9.17, 15) is 23.6 Å². The third-order valence-corrected chi connectivity index (χ3v) is 5.62. The zero-order valence-corrected chi connectivity index (χ0v) is 18.7. The number of amides is 3. The molecule has 0 saturated carbocycles. The number of nitrogens with one attached hydrogen (secondary N) is 3. The van der Waals surface area contributed by atoms with Gasteiger partial charge in [-0.3, -0.25) is 14.4 Å². The first-order valence-electron chi connectivity index (χ1n) is 11.3. The highest BCUT2D eigenvalue weighted by molar-refractivity contribution is 5.96. The van der Waals surface area contributed by atoms with Crippen LogP contribution >= 0.6 is 0 Å². The maximum Gasteiger partial charge on any atom is 0.244 e. The number of carbonyl (C=O) groups is 4. The smallest absolute Gasteiger partial charge is 0.244 e. The zero-order chi connectivity index (χ0) is 24.3. The van der Waals surface area contributed by atoms with Crippen molar-refractivity contribution in [2.75, 3.05) is 6.54 Å². The van der Waals surface area contributed by atoms with E-state index < -0.39 is 29.7 Å². The van der Waals surface area contributed by atoms with Crippen molar-refractivity contribution in [1.29, 1.82) is 0 Å². The van der Waals surface area contributed by atoms with Crippen molar-refractivity contribution in [2.45, 2.75) is 37.8 Å². The summed E-state index contributed by atoms with van der Waals surface area (Å²) in [6, 6.07) is 13.0. The van der Waals surface area contributed by atoms with E-state index in [1.165, 1.54) is 24.3 Å². The number of halogens is 1. The van der Waals surface area contributed by atoms with Gasteiger partial charge in [-0.05, 0) is 48.6 Å². The number of hydrogen-bond donors (Lipinski definition) is 3. The van der Waals surface area contributed by atoms with Crippen LogP contribution in [0.2, 0.25) is 0 Å². The molecule has 178 valence electrons. The van der Waals surface area contributed by atoms with Crippen molar-refractivity contribution in [2.24, 2.45) is 5.92 Å². The molecule has 3 atom stereocenters. The molecule has 1 saturated heterocycles. The maximum absolute atomic E-state index is 13.7. The number of benzene rings is 2. The molecule has 2 aromatic carbocycles. The van der Waals surface area contributed by atoms with Crippen LogP contribution in [-0.2, 0) is 25.6 Å². The van der Waals surface area contributed by atoms with E-state index in [-0.39, 0.29) is 24.7 Å². The van der Waals surface area contributed by atoms with Crippen LogP contribution in [0.25, 0.3) is 6.08 Å². The Morgan fingerprint density at radius 1 is 1.12 bits per heavy atom. The molecule has 1 aliphatic rings. The van der Waals surface area contributed by atoms with Crippen molar-refractivity contribution in [3.8, 4) is 0 Å². The van der Waals surface area contributed by atoms with Gasteiger partial charge in [-0.25, -0.2) is 4.39 Å². The fraction of sp³-hybridized carbons (Fsp3) is 0.308. The summed E-state index contributed by atoms with van der Waals surface area (Å²) in [5, 5.41) is 8.03. The van der Waals surface area contributed by atoms with Crippen LogP contribution in [0.1, 0.15) is 30.4 Å². The minimum Gasteiger partial charge on any atom is -0.356 e. The molecular formula is C26H28FN3O4. The Hall–Kier alpha value is -3.81. The monoisotopic (exact) mass is 465 g/mol. The standard InChI is InChI=1S/C26H28FN3O4/c27-21-10-4-8-19(14-21)15-23(30-24(32)12-11-18-6-2-1-3-7-18)26(34)29-22(17-31)16-20-9-5-13-28-25(20)33/h1-4,6-8,10-12,14,17,20,22-23H,5,9,13,15-16H2,(H,28,33)(H,29,34)(H,30,32)/t20-,22-,23-/m0/s1. The third kappa shape index (κ3) is 7.65. The van der Waals surface area contributed by atoms with Gasteiger partial charge in [0.1, 0.15) is 18.1 Å². The van der Waals surface area contributed by atoms with Gasteiger partial charge < -0.3 is 20.7 Å². The molecule has 8 heteroatoms. The van der Waals surface area contributed by atoms with Gasteiger partial charge in [0.25, 0.3) is 0 Å². The highest BCUT2D eigenvalue weighted by Crippen LogP contribution is 2.17. The van der Waals surface area contributed by atoms with Crippen molar-refractivity contribution < 1.29 is 23.6 Å². The second-order valence-corrected chi connectivity index (χ2v) is 8.26. The summed E-state index contributed by atoms with van der Waals surface area (Å²) in [5.74, 6) is -2.05. The highest BCUT2D eigenvalue weighted by Gasteiger charge is 2.28. The Labute approximate surface area is 197 Å². The van der Waals surface area contributed by atoms with Crippen LogP contribution in [0.3, 0.4) is 0 Å². The fourth-order valence-electron chi connectivity index (χ4n) is 3.86. The zero-order valence-electron chi connectivity index (χ0n) is 18.7. The molecule has 0 radical (unpaired) electrons. The maximum atomic E-state index is 13.7. The van der Waals surface area contributed by atoms with Crippen LogP contribution in [0.4, 0.5) is 4.39 Å². The summed E-state index contributed by atoms with van der Waals surface area (Å²) in [6.07, 6.45) is 5.17. The van der Waals surface area contributed by atoms with Crippen molar-refractivity contribution >= 4 is 30.1 Å². The summed E-state index contributed by atoms with van der Waals surface area (Å²) in [5.41, 5.74) is 1.33. The number of rotatable bonds is 10. The highest BCUT2D eigenvalue weighted by atomic mass is 19.1. The Morgan fingerprint density at radius 2 is 1.91 bits per heavy atom. The Kier molecular flexibility index (Phi) is 9.08. The van der Waals surface area contributed by atoms with Gasteiger partial charge in [0, 0.05) is 25.0 Å². The van der Waals surface area contributed by atoms with Crippen LogP contribution in [0, 0.1) is 11.7 Å². The molecule has 3 amide bonds. The van der Waals surface area contributed by atoms with E-state index in [1.807, 2.05) is 30.3 Å². The van der Waals surface area contributed by atoms with E-state index in [1.54, 1.807) is 12.1 Å². The first-order valence-corrected chi connectivity index (χ1v) is 11.3. The van der Waals surface area contributed by atoms with Gasteiger partial charge in [-0.15, -0.1) is 0 Å². The SMILES string of the molecule is O=C[C@H](C[C@@H]1CCCNC1=O)NC(=O)[C@H](Cc1cccc(F)c1)NC(=O)C=Cc1ccccc1. The molecule has 34 heavy (non-hydrogen) atoms. The molecule has 7 nitrogen and oxygen atoms in total. The van der Waals surface area contributed by atoms with Crippen molar-refractivity contribution in [3.63, 3.8) is 0 Å². The van der Waals surface area contributed by atoms with E-state index >= 15 is 0 Å². The van der Waals surface area contributed by atoms with Crippen molar-refractivity contribution in [1.82, 2.24) is 16.0 Å². The molecule has 3 rings (SSSR count). The predicted molar refractivity (Wildman–Crippen MR) is 126 cm³/mol. The number of hydrogen-bond acceptors (Lipinski definition) is 4. The molecule has 0 aliphatic carbocycles. The molecule has 0 spiro atoms. The lowest BCUT2D eigenvalue weighted by Crippen LogP contribution is -2.51. The van der Waals surface area contributed by atoms with Crippen LogP contribution in [-0.4, -0.2) is 42.6 Å². The van der Waals surface area contributed by atoms with Gasteiger partial charge in [0.15, 0.2) is 0 Å². The number of carbonyl (C=O) groups excluding carboxylic acids is 4. The van der Waals surface area contributed by atoms with Crippen molar-refractivity contribution in [3.05, 3.63) is 77.6 Å². The summed E-state index contributed by atoms with van der Waals surface area (Å²) in [7, 11) is 0.